The van der Waals surface area contributed by atoms with Gasteiger partial charge in [0.25, 0.3) is 0 Å². The molecule has 0 aromatic heterocycles. The third-order valence-electron chi connectivity index (χ3n) is 1.00. The number of halogens is 1. The second-order valence-corrected chi connectivity index (χ2v) is 3.21. The van der Waals surface area contributed by atoms with Crippen LogP contribution < -0.4 is 10.6 Å². The molecule has 1 atom stereocenters. The van der Waals surface area contributed by atoms with Gasteiger partial charge in [-0.1, -0.05) is 22.6 Å². The topological polar surface area (TPSA) is 47.9 Å². The van der Waals surface area contributed by atoms with Crippen LogP contribution in [0, 0.1) is 5.41 Å². The summed E-state index contributed by atoms with van der Waals surface area (Å²) in [5.74, 6) is 0.454. The van der Waals surface area contributed by atoms with Crippen molar-refractivity contribution in [3.63, 3.8) is 0 Å². The van der Waals surface area contributed by atoms with Gasteiger partial charge in [-0.05, 0) is 6.42 Å². The Kier molecular flexibility index (Phi) is 1.93. The summed E-state index contributed by atoms with van der Waals surface area (Å²) in [6.07, 6.45) is 1.10. The number of hydrogen-bond acceptors (Lipinski definition) is 1. The Morgan fingerprint density at radius 2 is 2.50 bits per heavy atom. The molecule has 1 unspecified atom stereocenters. The van der Waals surface area contributed by atoms with Gasteiger partial charge in [-0.25, -0.2) is 0 Å². The fourth-order valence-electron chi connectivity index (χ4n) is 0.604. The highest BCUT2D eigenvalue weighted by Gasteiger charge is 2.09. The molecule has 0 aromatic rings. The van der Waals surface area contributed by atoms with Crippen molar-refractivity contribution >= 4 is 28.6 Å². The van der Waals surface area contributed by atoms with E-state index < -0.39 is 0 Å². The van der Waals surface area contributed by atoms with Crippen LogP contribution in [0.25, 0.3) is 0 Å². The molecule has 4 heteroatoms. The molecular formula is C4H8IN3. The van der Waals surface area contributed by atoms with Crippen LogP contribution in [0.3, 0.4) is 0 Å². The molecule has 1 heterocycles. The first-order chi connectivity index (χ1) is 3.79. The maximum absolute atomic E-state index is 7.09. The van der Waals surface area contributed by atoms with Gasteiger partial charge >= 0.3 is 0 Å². The number of guanidine groups is 1. The monoisotopic (exact) mass is 225 g/mol. The quantitative estimate of drug-likeness (QED) is 0.314. The molecular weight excluding hydrogens is 217 g/mol. The van der Waals surface area contributed by atoms with E-state index in [0.29, 0.717) is 10.0 Å². The zero-order valence-corrected chi connectivity index (χ0v) is 6.53. The van der Waals surface area contributed by atoms with Gasteiger partial charge in [0.2, 0.25) is 0 Å². The third kappa shape index (κ3) is 1.50. The molecule has 0 aliphatic carbocycles. The molecule has 0 bridgehead atoms. The van der Waals surface area contributed by atoms with Crippen LogP contribution in [0.2, 0.25) is 0 Å². The van der Waals surface area contributed by atoms with E-state index in [4.69, 9.17) is 5.41 Å². The van der Waals surface area contributed by atoms with Gasteiger partial charge in [0, 0.05) is 6.54 Å². The molecule has 0 amide bonds. The number of hydrogen-bond donors (Lipinski definition) is 3. The molecule has 46 valence electrons. The summed E-state index contributed by atoms with van der Waals surface area (Å²) >= 11 is 2.28. The van der Waals surface area contributed by atoms with E-state index in [1.54, 1.807) is 0 Å². The Morgan fingerprint density at radius 1 is 1.75 bits per heavy atom. The molecule has 1 aliphatic heterocycles. The second kappa shape index (κ2) is 2.52. The predicted molar refractivity (Wildman–Crippen MR) is 41.3 cm³/mol. The lowest BCUT2D eigenvalue weighted by molar-refractivity contribution is 0.645. The second-order valence-electron chi connectivity index (χ2n) is 1.70. The van der Waals surface area contributed by atoms with Gasteiger partial charge in [0.15, 0.2) is 5.96 Å². The van der Waals surface area contributed by atoms with Crippen molar-refractivity contribution in [1.82, 2.24) is 10.6 Å². The van der Waals surface area contributed by atoms with Crippen LogP contribution in [0.1, 0.15) is 6.42 Å². The van der Waals surface area contributed by atoms with Gasteiger partial charge in [-0.2, -0.15) is 0 Å². The van der Waals surface area contributed by atoms with Crippen molar-refractivity contribution in [2.75, 3.05) is 6.54 Å². The standard InChI is InChI=1S/C4H8IN3/c5-3-1-2-7-4(6)8-3/h3H,1-2H2,(H3,6,7,8). The van der Waals surface area contributed by atoms with E-state index in [0.717, 1.165) is 13.0 Å². The normalized spacial score (nSPS) is 28.6. The lowest BCUT2D eigenvalue weighted by Gasteiger charge is -2.20. The summed E-state index contributed by atoms with van der Waals surface area (Å²) in [6.45, 7) is 0.930. The first kappa shape index (κ1) is 6.12. The number of nitrogens with one attached hydrogen (secondary N) is 3. The van der Waals surface area contributed by atoms with E-state index in [2.05, 4.69) is 33.2 Å². The van der Waals surface area contributed by atoms with Crippen molar-refractivity contribution in [2.24, 2.45) is 0 Å². The fourth-order valence-corrected chi connectivity index (χ4v) is 1.23. The average Bonchev–Trinajstić information content (AvgIpc) is 1.64. The van der Waals surface area contributed by atoms with Crippen molar-refractivity contribution in [3.8, 4) is 0 Å². The molecule has 1 fully saturated rings. The SMILES string of the molecule is N=C1NCCC(I)N1. The lowest BCUT2D eigenvalue weighted by atomic mass is 10.4. The van der Waals surface area contributed by atoms with Crippen molar-refractivity contribution in [3.05, 3.63) is 0 Å². The molecule has 0 saturated carbocycles. The molecule has 0 radical (unpaired) electrons. The van der Waals surface area contributed by atoms with Crippen LogP contribution in [0.5, 0.6) is 0 Å². The van der Waals surface area contributed by atoms with Crippen LogP contribution in [-0.2, 0) is 0 Å². The molecule has 1 aliphatic rings. The number of alkyl halides is 1. The Morgan fingerprint density at radius 3 is 2.88 bits per heavy atom. The van der Waals surface area contributed by atoms with Crippen LogP contribution in [0.4, 0.5) is 0 Å². The maximum atomic E-state index is 7.09. The summed E-state index contributed by atoms with van der Waals surface area (Å²) in [5.41, 5.74) is 0. The zero-order valence-electron chi connectivity index (χ0n) is 4.37. The van der Waals surface area contributed by atoms with Crippen molar-refractivity contribution in [1.29, 1.82) is 5.41 Å². The largest absolute Gasteiger partial charge is 0.356 e. The Hall–Kier alpha value is -0.0000000000000000555. The highest BCUT2D eigenvalue weighted by Crippen LogP contribution is 2.02. The molecule has 0 spiro atoms. The Labute approximate surface area is 61.9 Å². The summed E-state index contributed by atoms with van der Waals surface area (Å²) in [5, 5.41) is 12.9. The van der Waals surface area contributed by atoms with Gasteiger partial charge in [0.05, 0.1) is 4.05 Å². The van der Waals surface area contributed by atoms with Gasteiger partial charge in [-0.15, -0.1) is 0 Å². The van der Waals surface area contributed by atoms with Gasteiger partial charge in [-0.3, -0.25) is 5.41 Å². The van der Waals surface area contributed by atoms with E-state index in [-0.39, 0.29) is 0 Å². The summed E-state index contributed by atoms with van der Waals surface area (Å²) in [6, 6.07) is 0. The minimum atomic E-state index is 0.446. The van der Waals surface area contributed by atoms with Crippen molar-refractivity contribution in [2.45, 2.75) is 10.5 Å². The molecule has 1 rings (SSSR count). The van der Waals surface area contributed by atoms with Crippen molar-refractivity contribution < 1.29 is 0 Å². The first-order valence-electron chi connectivity index (χ1n) is 2.52. The molecule has 0 aromatic carbocycles. The highest BCUT2D eigenvalue weighted by atomic mass is 127. The first-order valence-corrected chi connectivity index (χ1v) is 3.76. The smallest absolute Gasteiger partial charge is 0.189 e. The number of rotatable bonds is 0. The van der Waals surface area contributed by atoms with E-state index in [1.807, 2.05) is 0 Å². The Bertz CT molecular complexity index is 103. The van der Waals surface area contributed by atoms with Crippen LogP contribution >= 0.6 is 22.6 Å². The fraction of sp³-hybridized carbons (Fsp3) is 0.750. The zero-order chi connectivity index (χ0) is 5.98. The minimum Gasteiger partial charge on any atom is -0.356 e. The van der Waals surface area contributed by atoms with E-state index in [9.17, 15) is 0 Å². The summed E-state index contributed by atoms with van der Waals surface area (Å²) in [7, 11) is 0. The molecule has 1 saturated heterocycles. The average molecular weight is 225 g/mol. The van der Waals surface area contributed by atoms with Gasteiger partial charge < -0.3 is 10.6 Å². The van der Waals surface area contributed by atoms with Crippen LogP contribution in [-0.4, -0.2) is 16.6 Å². The maximum Gasteiger partial charge on any atom is 0.189 e. The Balaban J connectivity index is 2.34. The van der Waals surface area contributed by atoms with Crippen LogP contribution in [0.15, 0.2) is 0 Å². The van der Waals surface area contributed by atoms with E-state index in [1.165, 1.54) is 0 Å². The predicted octanol–water partition coefficient (Wildman–Crippen LogP) is 0.265. The van der Waals surface area contributed by atoms with E-state index >= 15 is 0 Å². The minimum absolute atomic E-state index is 0.446. The highest BCUT2D eigenvalue weighted by molar-refractivity contribution is 14.1. The molecule has 3 nitrogen and oxygen atoms in total. The lowest BCUT2D eigenvalue weighted by Crippen LogP contribution is -2.46. The third-order valence-corrected chi connectivity index (χ3v) is 1.93. The molecule has 8 heavy (non-hydrogen) atoms. The van der Waals surface area contributed by atoms with Gasteiger partial charge in [0.1, 0.15) is 0 Å². The summed E-state index contributed by atoms with van der Waals surface area (Å²) in [4.78, 5) is 0. The summed E-state index contributed by atoms with van der Waals surface area (Å²) < 4.78 is 0.446. The molecule has 3 N–H and O–H groups in total.